The molecule has 0 radical (unpaired) electrons. The summed E-state index contributed by atoms with van der Waals surface area (Å²) in [5.74, 6) is 1.17. The third kappa shape index (κ3) is 2.64. The van der Waals surface area contributed by atoms with Crippen molar-refractivity contribution in [3.05, 3.63) is 52.1 Å². The summed E-state index contributed by atoms with van der Waals surface area (Å²) in [5, 5.41) is 12.8. The van der Waals surface area contributed by atoms with Gasteiger partial charge in [0.15, 0.2) is 5.69 Å². The summed E-state index contributed by atoms with van der Waals surface area (Å²) in [6, 6.07) is 9.28. The molecular weight excluding hydrogens is 361 g/mol. The lowest BCUT2D eigenvalue weighted by molar-refractivity contribution is 0.412. The number of hydrogen-bond donors (Lipinski definition) is 1. The number of halogens is 2. The second-order valence-corrected chi connectivity index (χ2v) is 6.75. The van der Waals surface area contributed by atoms with E-state index in [-0.39, 0.29) is 10.6 Å². The van der Waals surface area contributed by atoms with E-state index in [9.17, 15) is 0 Å². The summed E-state index contributed by atoms with van der Waals surface area (Å²) in [7, 11) is 0. The van der Waals surface area contributed by atoms with Crippen LogP contribution in [0, 0.1) is 0 Å². The fraction of sp³-hybridized carbons (Fsp3) is 0.250. The molecule has 2 aliphatic rings. The predicted octanol–water partition coefficient (Wildman–Crippen LogP) is 3.72. The minimum Gasteiger partial charge on any atom is -0.356 e. The Hall–Kier alpha value is -2.22. The molecule has 0 aliphatic carbocycles. The Kier molecular flexibility index (Phi) is 4.07. The molecule has 128 valence electrons. The number of rotatable bonds is 4. The first kappa shape index (κ1) is 16.3. The summed E-state index contributed by atoms with van der Waals surface area (Å²) < 4.78 is -0.147. The van der Waals surface area contributed by atoms with Crippen LogP contribution in [0.2, 0.25) is 10.0 Å². The zero-order valence-electron chi connectivity index (χ0n) is 13.3. The molecule has 2 aliphatic heterocycles. The van der Waals surface area contributed by atoms with E-state index < -0.39 is 0 Å². The number of anilines is 1. The van der Waals surface area contributed by atoms with Gasteiger partial charge in [-0.05, 0) is 29.7 Å². The smallest absolute Gasteiger partial charge is 0.354 e. The second kappa shape index (κ2) is 6.25. The quantitative estimate of drug-likeness (QED) is 0.825. The van der Waals surface area contributed by atoms with Crippen LogP contribution in [0.5, 0.6) is 0 Å². The summed E-state index contributed by atoms with van der Waals surface area (Å²) in [6.45, 7) is 2.39. The molecule has 9 heteroatoms. The van der Waals surface area contributed by atoms with Gasteiger partial charge < -0.3 is 10.6 Å². The van der Waals surface area contributed by atoms with Gasteiger partial charge in [0.25, 0.3) is 0 Å². The molecule has 0 saturated carbocycles. The highest BCUT2D eigenvalue weighted by molar-refractivity contribution is 6.43. The molecule has 1 aromatic heterocycles. The number of pyridine rings is 1. The van der Waals surface area contributed by atoms with E-state index in [2.05, 4.69) is 25.4 Å². The van der Waals surface area contributed by atoms with Crippen molar-refractivity contribution in [3.63, 3.8) is 0 Å². The lowest BCUT2D eigenvalue weighted by atomic mass is 10.1. The topological polar surface area (TPSA) is 79.2 Å². The van der Waals surface area contributed by atoms with Crippen LogP contribution in [0.4, 0.5) is 11.5 Å². The van der Waals surface area contributed by atoms with Crippen LogP contribution >= 0.6 is 23.2 Å². The maximum atomic E-state index is 6.45. The van der Waals surface area contributed by atoms with E-state index in [4.69, 9.17) is 28.9 Å². The highest BCUT2D eigenvalue weighted by Crippen LogP contribution is 2.40. The number of aromatic nitrogens is 1. The van der Waals surface area contributed by atoms with Gasteiger partial charge in [0.2, 0.25) is 0 Å². The van der Waals surface area contributed by atoms with Gasteiger partial charge >= 0.3 is 5.96 Å². The Bertz CT molecular complexity index is 879. The van der Waals surface area contributed by atoms with Crippen molar-refractivity contribution >= 4 is 40.7 Å². The Morgan fingerprint density at radius 1 is 1.16 bits per heavy atom. The molecule has 4 rings (SSSR count). The second-order valence-electron chi connectivity index (χ2n) is 5.96. The first-order chi connectivity index (χ1) is 12.1. The van der Waals surface area contributed by atoms with Gasteiger partial charge in [0, 0.05) is 30.6 Å². The molecule has 3 heterocycles. The maximum Gasteiger partial charge on any atom is 0.354 e. The van der Waals surface area contributed by atoms with E-state index in [0.717, 1.165) is 24.5 Å². The number of nitrogens with two attached hydrogens (primary N) is 1. The van der Waals surface area contributed by atoms with Crippen molar-refractivity contribution in [1.29, 1.82) is 0 Å². The van der Waals surface area contributed by atoms with Crippen LogP contribution in [0.25, 0.3) is 0 Å². The number of benzene rings is 1. The van der Waals surface area contributed by atoms with Crippen LogP contribution < -0.4 is 15.2 Å². The van der Waals surface area contributed by atoms with E-state index >= 15 is 0 Å². The number of nitrogens with zero attached hydrogens (tertiary/aromatic N) is 6. The zero-order chi connectivity index (χ0) is 17.4. The Labute approximate surface area is 154 Å². The molecule has 0 amide bonds. The lowest BCUT2D eigenvalue weighted by Crippen LogP contribution is -2.51. The molecule has 1 fully saturated rings. The summed E-state index contributed by atoms with van der Waals surface area (Å²) >= 11 is 12.7. The molecule has 2 aromatic rings. The van der Waals surface area contributed by atoms with Gasteiger partial charge in [-0.15, -0.1) is 0 Å². The van der Waals surface area contributed by atoms with Crippen molar-refractivity contribution < 1.29 is 0 Å². The average molecular weight is 377 g/mol. The first-order valence-corrected chi connectivity index (χ1v) is 8.65. The maximum absolute atomic E-state index is 6.45. The van der Waals surface area contributed by atoms with Crippen LogP contribution in [-0.2, 0) is 6.54 Å². The van der Waals surface area contributed by atoms with Crippen LogP contribution in [0.1, 0.15) is 12.0 Å². The van der Waals surface area contributed by atoms with Crippen molar-refractivity contribution in [2.75, 3.05) is 18.0 Å². The highest BCUT2D eigenvalue weighted by Gasteiger charge is 2.44. The normalized spacial score (nSPS) is 22.0. The molecule has 0 spiro atoms. The fourth-order valence-electron chi connectivity index (χ4n) is 3.01. The van der Waals surface area contributed by atoms with Gasteiger partial charge in [-0.25, -0.2) is 4.98 Å². The molecule has 1 atom stereocenters. The van der Waals surface area contributed by atoms with E-state index in [1.807, 2.05) is 24.3 Å². The van der Waals surface area contributed by atoms with Gasteiger partial charge in [-0.2, -0.15) is 0 Å². The molecule has 1 aromatic carbocycles. The van der Waals surface area contributed by atoms with Crippen LogP contribution in [0.15, 0.2) is 52.1 Å². The van der Waals surface area contributed by atoms with Crippen LogP contribution in [-0.4, -0.2) is 24.0 Å². The molecule has 7 nitrogen and oxygen atoms in total. The predicted molar refractivity (Wildman–Crippen MR) is 99.5 cm³/mol. The third-order valence-corrected chi connectivity index (χ3v) is 5.28. The van der Waals surface area contributed by atoms with Crippen molar-refractivity contribution in [2.45, 2.75) is 13.0 Å². The molecule has 0 unspecified atom stereocenters. The Morgan fingerprint density at radius 3 is 2.68 bits per heavy atom. The number of quaternary nitrogens is 1. The average Bonchev–Trinajstić information content (AvgIpc) is 2.92. The largest absolute Gasteiger partial charge is 0.356 e. The van der Waals surface area contributed by atoms with Gasteiger partial charge in [-0.1, -0.05) is 33.9 Å². The first-order valence-electron chi connectivity index (χ1n) is 7.89. The van der Waals surface area contributed by atoms with Gasteiger partial charge in [-0.3, -0.25) is 0 Å². The summed E-state index contributed by atoms with van der Waals surface area (Å²) in [5.41, 5.74) is 7.82. The van der Waals surface area contributed by atoms with Crippen molar-refractivity contribution in [1.82, 2.24) is 9.58 Å². The lowest BCUT2D eigenvalue weighted by Gasteiger charge is -2.34. The van der Waals surface area contributed by atoms with E-state index in [0.29, 0.717) is 22.3 Å². The molecule has 25 heavy (non-hydrogen) atoms. The molecule has 0 bridgehead atoms. The minimum absolute atomic E-state index is 0.147. The fourth-order valence-corrected chi connectivity index (χ4v) is 3.45. The van der Waals surface area contributed by atoms with Crippen LogP contribution in [0.3, 0.4) is 0 Å². The van der Waals surface area contributed by atoms with Gasteiger partial charge in [0.1, 0.15) is 17.4 Å². The Balaban J connectivity index is 1.81. The standard InChI is InChI=1S/C16H16Cl2N7/c17-12-5-1-6-13(14(12)18)25(16(19)21-22-23-25)10-11-4-2-7-20-15(11)24-8-3-9-24/h1-2,4-7H,3,8-10H2,(H2,19,21,23)/q+1/t25-/m1/s1. The van der Waals surface area contributed by atoms with Crippen molar-refractivity contribution in [3.8, 4) is 0 Å². The summed E-state index contributed by atoms with van der Waals surface area (Å²) in [4.78, 5) is 6.76. The SMILES string of the molecule is NC1=NN=N[N@+]1(Cc1cccnc1N1CCC1)c1cccc(Cl)c1Cl. The Morgan fingerprint density at radius 2 is 2.00 bits per heavy atom. The molecule has 1 saturated heterocycles. The highest BCUT2D eigenvalue weighted by atomic mass is 35.5. The summed E-state index contributed by atoms with van der Waals surface area (Å²) in [6.07, 6.45) is 2.95. The van der Waals surface area contributed by atoms with Gasteiger partial charge in [0.05, 0.1) is 15.8 Å². The molecular formula is C16H16Cl2N7+. The number of hydrogen-bond acceptors (Lipinski definition) is 6. The van der Waals surface area contributed by atoms with E-state index in [1.165, 1.54) is 6.42 Å². The number of guanidine groups is 1. The van der Waals surface area contributed by atoms with E-state index in [1.54, 1.807) is 12.3 Å². The molecule has 2 N–H and O–H groups in total. The monoisotopic (exact) mass is 376 g/mol. The van der Waals surface area contributed by atoms with Crippen molar-refractivity contribution in [2.24, 2.45) is 21.3 Å². The third-order valence-electron chi connectivity index (χ3n) is 4.47. The minimum atomic E-state index is -0.147. The zero-order valence-corrected chi connectivity index (χ0v) is 14.8.